The standard InChI is InChI=1S/C21H24F2N4O3/c22-17-5-3-6-18(23)20(17)25-19(28)12-15(21(29)30)13-26-8-10-27(11-9-26)14-16-4-1-2-7-24-16/h1-7,15H,8-14H2,(H,25,28)(H,29,30)/t15-/m0/s1. The van der Waals surface area contributed by atoms with Crippen LogP contribution in [0.3, 0.4) is 0 Å². The van der Waals surface area contributed by atoms with Crippen LogP contribution >= 0.6 is 0 Å². The second-order valence-electron chi connectivity index (χ2n) is 7.28. The van der Waals surface area contributed by atoms with E-state index in [9.17, 15) is 23.5 Å². The number of aliphatic carboxylic acids is 1. The van der Waals surface area contributed by atoms with Gasteiger partial charge < -0.3 is 10.4 Å². The molecule has 1 saturated heterocycles. The van der Waals surface area contributed by atoms with E-state index in [-0.39, 0.29) is 13.0 Å². The normalized spacial score (nSPS) is 16.2. The zero-order chi connectivity index (χ0) is 21.5. The van der Waals surface area contributed by atoms with Crippen LogP contribution in [0.25, 0.3) is 0 Å². The number of pyridine rings is 1. The maximum atomic E-state index is 13.7. The van der Waals surface area contributed by atoms with Gasteiger partial charge in [0.1, 0.15) is 17.3 Å². The monoisotopic (exact) mass is 418 g/mol. The van der Waals surface area contributed by atoms with Crippen molar-refractivity contribution in [1.29, 1.82) is 0 Å². The third-order valence-corrected chi connectivity index (χ3v) is 5.06. The van der Waals surface area contributed by atoms with Crippen LogP contribution in [0.5, 0.6) is 0 Å². The van der Waals surface area contributed by atoms with E-state index in [0.717, 1.165) is 37.5 Å². The summed E-state index contributed by atoms with van der Waals surface area (Å²) in [5.74, 6) is -4.63. The van der Waals surface area contributed by atoms with Gasteiger partial charge in [0.25, 0.3) is 0 Å². The number of hydrogen-bond acceptors (Lipinski definition) is 5. The zero-order valence-corrected chi connectivity index (χ0v) is 16.4. The van der Waals surface area contributed by atoms with Gasteiger partial charge in [0.15, 0.2) is 0 Å². The number of para-hydroxylation sites is 1. The fourth-order valence-corrected chi connectivity index (χ4v) is 3.42. The van der Waals surface area contributed by atoms with Crippen LogP contribution < -0.4 is 5.32 Å². The van der Waals surface area contributed by atoms with Crippen LogP contribution in [0.1, 0.15) is 12.1 Å². The number of carboxylic acids is 1. The minimum absolute atomic E-state index is 0.194. The van der Waals surface area contributed by atoms with Crippen LogP contribution in [0.15, 0.2) is 42.6 Å². The molecule has 1 amide bonds. The van der Waals surface area contributed by atoms with Crippen LogP contribution in [0.2, 0.25) is 0 Å². The predicted molar refractivity (Wildman–Crippen MR) is 107 cm³/mol. The van der Waals surface area contributed by atoms with Crippen molar-refractivity contribution in [2.24, 2.45) is 5.92 Å². The molecule has 3 rings (SSSR count). The Bertz CT molecular complexity index is 854. The smallest absolute Gasteiger partial charge is 0.308 e. The molecule has 9 heteroatoms. The Morgan fingerprint density at radius 2 is 1.70 bits per heavy atom. The second kappa shape index (κ2) is 10.2. The predicted octanol–water partition coefficient (Wildman–Crippen LogP) is 2.21. The van der Waals surface area contributed by atoms with Gasteiger partial charge in [-0.3, -0.25) is 24.4 Å². The molecule has 30 heavy (non-hydrogen) atoms. The summed E-state index contributed by atoms with van der Waals surface area (Å²) in [6.07, 6.45) is 1.39. The zero-order valence-electron chi connectivity index (χ0n) is 16.4. The van der Waals surface area contributed by atoms with E-state index in [1.54, 1.807) is 6.20 Å². The summed E-state index contributed by atoms with van der Waals surface area (Å²) in [4.78, 5) is 32.4. The molecule has 160 valence electrons. The summed E-state index contributed by atoms with van der Waals surface area (Å²) in [5.41, 5.74) is 0.418. The molecule has 1 aliphatic heterocycles. The van der Waals surface area contributed by atoms with Crippen molar-refractivity contribution < 1.29 is 23.5 Å². The molecule has 1 atom stereocenters. The van der Waals surface area contributed by atoms with E-state index < -0.39 is 35.1 Å². The maximum absolute atomic E-state index is 13.7. The lowest BCUT2D eigenvalue weighted by Crippen LogP contribution is -2.48. The molecule has 1 fully saturated rings. The summed E-state index contributed by atoms with van der Waals surface area (Å²) in [6, 6.07) is 9.01. The molecule has 7 nitrogen and oxygen atoms in total. The largest absolute Gasteiger partial charge is 0.481 e. The Hall–Kier alpha value is -2.91. The van der Waals surface area contributed by atoms with Crippen LogP contribution in [0.4, 0.5) is 14.5 Å². The van der Waals surface area contributed by atoms with E-state index in [1.807, 2.05) is 23.1 Å². The first kappa shape index (κ1) is 21.8. The number of benzene rings is 1. The second-order valence-corrected chi connectivity index (χ2v) is 7.28. The molecule has 1 aromatic carbocycles. The van der Waals surface area contributed by atoms with Crippen molar-refractivity contribution in [2.75, 3.05) is 38.0 Å². The summed E-state index contributed by atoms with van der Waals surface area (Å²) in [6.45, 7) is 3.78. The van der Waals surface area contributed by atoms with Crippen LogP contribution in [0, 0.1) is 17.6 Å². The van der Waals surface area contributed by atoms with Crippen molar-refractivity contribution in [1.82, 2.24) is 14.8 Å². The van der Waals surface area contributed by atoms with E-state index in [1.165, 1.54) is 6.07 Å². The molecule has 2 aromatic rings. The highest BCUT2D eigenvalue weighted by Crippen LogP contribution is 2.19. The summed E-state index contributed by atoms with van der Waals surface area (Å²) in [5, 5.41) is 11.7. The van der Waals surface area contributed by atoms with Crippen molar-refractivity contribution in [2.45, 2.75) is 13.0 Å². The number of anilines is 1. The van der Waals surface area contributed by atoms with Crippen molar-refractivity contribution in [3.05, 3.63) is 59.9 Å². The number of nitrogens with one attached hydrogen (secondary N) is 1. The quantitative estimate of drug-likeness (QED) is 0.684. The highest BCUT2D eigenvalue weighted by Gasteiger charge is 2.27. The van der Waals surface area contributed by atoms with Gasteiger partial charge in [-0.25, -0.2) is 8.78 Å². The molecule has 1 aliphatic rings. The highest BCUT2D eigenvalue weighted by atomic mass is 19.1. The molecule has 0 unspecified atom stereocenters. The average Bonchev–Trinajstić information content (AvgIpc) is 2.72. The van der Waals surface area contributed by atoms with E-state index in [2.05, 4.69) is 15.2 Å². The van der Waals surface area contributed by atoms with Crippen molar-refractivity contribution in [3.63, 3.8) is 0 Å². The fourth-order valence-electron chi connectivity index (χ4n) is 3.42. The number of hydrogen-bond donors (Lipinski definition) is 2. The summed E-state index contributed by atoms with van der Waals surface area (Å²) in [7, 11) is 0. The first-order valence-corrected chi connectivity index (χ1v) is 9.73. The van der Waals surface area contributed by atoms with Gasteiger partial charge >= 0.3 is 5.97 Å². The fraction of sp³-hybridized carbons (Fsp3) is 0.381. The Morgan fingerprint density at radius 1 is 1.03 bits per heavy atom. The number of carbonyl (C=O) groups excluding carboxylic acids is 1. The number of amides is 1. The number of rotatable bonds is 8. The van der Waals surface area contributed by atoms with Gasteiger partial charge in [0.2, 0.25) is 5.91 Å². The first-order chi connectivity index (χ1) is 14.4. The van der Waals surface area contributed by atoms with Gasteiger partial charge in [-0.2, -0.15) is 0 Å². The van der Waals surface area contributed by atoms with E-state index in [0.29, 0.717) is 13.1 Å². The Kier molecular flexibility index (Phi) is 7.42. The topological polar surface area (TPSA) is 85.8 Å². The Labute approximate surface area is 173 Å². The molecule has 0 spiro atoms. The Balaban J connectivity index is 1.50. The molecule has 2 heterocycles. The third-order valence-electron chi connectivity index (χ3n) is 5.06. The third kappa shape index (κ3) is 6.04. The minimum atomic E-state index is -1.12. The van der Waals surface area contributed by atoms with Crippen LogP contribution in [-0.4, -0.2) is 64.5 Å². The summed E-state index contributed by atoms with van der Waals surface area (Å²) < 4.78 is 27.4. The molecule has 0 radical (unpaired) electrons. The molecule has 2 N–H and O–H groups in total. The molecule has 0 aliphatic carbocycles. The minimum Gasteiger partial charge on any atom is -0.481 e. The van der Waals surface area contributed by atoms with Gasteiger partial charge in [0.05, 0.1) is 11.6 Å². The number of nitrogens with zero attached hydrogens (tertiary/aromatic N) is 3. The van der Waals surface area contributed by atoms with E-state index >= 15 is 0 Å². The van der Waals surface area contributed by atoms with Gasteiger partial charge in [-0.05, 0) is 24.3 Å². The lowest BCUT2D eigenvalue weighted by atomic mass is 10.0. The SMILES string of the molecule is O=C(C[C@@H](CN1CCN(Cc2ccccn2)CC1)C(=O)O)Nc1c(F)cccc1F. The number of aromatic nitrogens is 1. The molecule has 1 aromatic heterocycles. The lowest BCUT2D eigenvalue weighted by molar-refractivity contribution is -0.144. The summed E-state index contributed by atoms with van der Waals surface area (Å²) >= 11 is 0. The number of halogens is 2. The first-order valence-electron chi connectivity index (χ1n) is 9.73. The number of piperazine rings is 1. The maximum Gasteiger partial charge on any atom is 0.308 e. The molecule has 0 bridgehead atoms. The Morgan fingerprint density at radius 3 is 2.30 bits per heavy atom. The highest BCUT2D eigenvalue weighted by molar-refractivity contribution is 5.93. The molecular formula is C21H24F2N4O3. The van der Waals surface area contributed by atoms with Gasteiger partial charge in [-0.1, -0.05) is 12.1 Å². The van der Waals surface area contributed by atoms with E-state index in [4.69, 9.17) is 0 Å². The number of carboxylic acid groups (broad SMARTS) is 1. The van der Waals surface area contributed by atoms with Crippen molar-refractivity contribution in [3.8, 4) is 0 Å². The van der Waals surface area contributed by atoms with Gasteiger partial charge in [-0.15, -0.1) is 0 Å². The van der Waals surface area contributed by atoms with Crippen molar-refractivity contribution >= 4 is 17.6 Å². The lowest BCUT2D eigenvalue weighted by Gasteiger charge is -2.35. The molecular weight excluding hydrogens is 394 g/mol. The van der Waals surface area contributed by atoms with Gasteiger partial charge in [0, 0.05) is 51.9 Å². The van der Waals surface area contributed by atoms with Crippen LogP contribution in [-0.2, 0) is 16.1 Å². The molecule has 0 saturated carbocycles. The average molecular weight is 418 g/mol. The number of carbonyl (C=O) groups is 2.